The number of alkyl halides is 1. The molecule has 12 heteroatoms. The van der Waals surface area contributed by atoms with Gasteiger partial charge in [0.2, 0.25) is 0 Å². The fraction of sp³-hybridized carbons (Fsp3) is 0.333. The first-order valence-electron chi connectivity index (χ1n) is 13.4. The van der Waals surface area contributed by atoms with E-state index in [9.17, 15) is 13.2 Å². The number of hydrogen-bond donors (Lipinski definition) is 1. The highest BCUT2D eigenvalue weighted by Gasteiger charge is 2.28. The summed E-state index contributed by atoms with van der Waals surface area (Å²) in [4.78, 5) is 14.3. The van der Waals surface area contributed by atoms with Crippen LogP contribution in [0.5, 0.6) is 17.2 Å². The number of Topliss-reactive ketones (excluding diaryl/α,β-unsaturated/α-hetero) is 1. The highest BCUT2D eigenvalue weighted by atomic mass is 35.5. The van der Waals surface area contributed by atoms with Crippen LogP contribution in [0.15, 0.2) is 64.0 Å². The molecule has 1 saturated heterocycles. The third kappa shape index (κ3) is 5.84. The normalized spacial score (nSPS) is 15.7. The Bertz CT molecular complexity index is 1680. The third-order valence-electron chi connectivity index (χ3n) is 7.50. The Morgan fingerprint density at radius 3 is 2.38 bits per heavy atom. The predicted molar refractivity (Wildman–Crippen MR) is 162 cm³/mol. The van der Waals surface area contributed by atoms with Crippen LogP contribution >= 0.6 is 11.6 Å². The second-order valence-corrected chi connectivity index (χ2v) is 11.8. The van der Waals surface area contributed by atoms with E-state index in [0.717, 1.165) is 49.2 Å². The molecule has 222 valence electrons. The molecule has 5 rings (SSSR count). The van der Waals surface area contributed by atoms with Gasteiger partial charge in [0.05, 0.1) is 27.2 Å². The van der Waals surface area contributed by atoms with Crippen LogP contribution < -0.4 is 23.8 Å². The molecule has 0 aliphatic carbocycles. The summed E-state index contributed by atoms with van der Waals surface area (Å²) in [5.41, 5.74) is 3.12. The van der Waals surface area contributed by atoms with Gasteiger partial charge in [-0.2, -0.15) is 0 Å². The van der Waals surface area contributed by atoms with Gasteiger partial charge in [-0.05, 0) is 66.8 Å². The average Bonchev–Trinajstić information content (AvgIpc) is 3.24. The number of halogens is 1. The lowest BCUT2D eigenvalue weighted by atomic mass is 9.97. The Morgan fingerprint density at radius 1 is 0.976 bits per heavy atom. The zero-order chi connectivity index (χ0) is 29.9. The average molecular weight is 614 g/mol. The zero-order valence-corrected chi connectivity index (χ0v) is 25.1. The van der Waals surface area contributed by atoms with Crippen molar-refractivity contribution in [2.75, 3.05) is 49.9 Å². The second kappa shape index (κ2) is 12.5. The summed E-state index contributed by atoms with van der Waals surface area (Å²) in [7, 11) is 0.0675. The number of nitrogens with one attached hydrogen (secondary N) is 1. The summed E-state index contributed by atoms with van der Waals surface area (Å²) in [6.45, 7) is 1.61. The largest absolute Gasteiger partial charge is 0.496 e. The molecule has 1 atom stereocenters. The van der Waals surface area contributed by atoms with Crippen molar-refractivity contribution in [2.24, 2.45) is 5.92 Å². The molecule has 1 fully saturated rings. The zero-order valence-electron chi connectivity index (χ0n) is 23.6. The number of benzene rings is 3. The number of sulfonamides is 1. The van der Waals surface area contributed by atoms with E-state index in [-0.39, 0.29) is 39.8 Å². The first kappa shape index (κ1) is 29.5. The Balaban J connectivity index is 1.46. The van der Waals surface area contributed by atoms with E-state index in [4.69, 9.17) is 30.3 Å². The Labute approximate surface area is 249 Å². The molecule has 1 aliphatic rings. The molecule has 2 heterocycles. The minimum Gasteiger partial charge on any atom is -0.496 e. The molecular formula is C30H32ClN3O7S. The lowest BCUT2D eigenvalue weighted by Gasteiger charge is -2.23. The number of carbonyl (C=O) groups is 1. The van der Waals surface area contributed by atoms with Crippen LogP contribution in [0.1, 0.15) is 19.3 Å². The van der Waals surface area contributed by atoms with Crippen LogP contribution in [0.3, 0.4) is 0 Å². The molecule has 0 saturated carbocycles. The van der Waals surface area contributed by atoms with Gasteiger partial charge >= 0.3 is 0 Å². The van der Waals surface area contributed by atoms with Crippen LogP contribution in [0.4, 0.5) is 11.5 Å². The van der Waals surface area contributed by atoms with E-state index in [2.05, 4.69) is 26.9 Å². The van der Waals surface area contributed by atoms with Crippen molar-refractivity contribution >= 4 is 49.9 Å². The predicted octanol–water partition coefficient (Wildman–Crippen LogP) is 5.74. The number of aromatic nitrogens is 1. The molecule has 4 aromatic rings. The van der Waals surface area contributed by atoms with E-state index < -0.39 is 10.0 Å². The number of carbonyl (C=O) groups excluding carboxylic acids is 1. The number of hydrogen-bond acceptors (Lipinski definition) is 9. The summed E-state index contributed by atoms with van der Waals surface area (Å²) in [6.07, 6.45) is 2.53. The van der Waals surface area contributed by atoms with Gasteiger partial charge in [0.1, 0.15) is 22.6 Å². The summed E-state index contributed by atoms with van der Waals surface area (Å²) in [5, 5.41) is 4.39. The second-order valence-electron chi connectivity index (χ2n) is 9.95. The fourth-order valence-electron chi connectivity index (χ4n) is 5.36. The topological polar surface area (TPSA) is 120 Å². The van der Waals surface area contributed by atoms with Gasteiger partial charge in [0, 0.05) is 24.7 Å². The number of ketones is 1. The van der Waals surface area contributed by atoms with Crippen molar-refractivity contribution in [3.8, 4) is 28.4 Å². The first-order chi connectivity index (χ1) is 20.3. The monoisotopic (exact) mass is 613 g/mol. The molecule has 3 aromatic carbocycles. The summed E-state index contributed by atoms with van der Waals surface area (Å²) < 4.78 is 51.2. The fourth-order valence-corrected chi connectivity index (χ4v) is 6.91. The van der Waals surface area contributed by atoms with E-state index in [1.807, 2.05) is 18.2 Å². The smallest absolute Gasteiger partial charge is 0.270 e. The van der Waals surface area contributed by atoms with Gasteiger partial charge in [0.25, 0.3) is 10.0 Å². The van der Waals surface area contributed by atoms with Gasteiger partial charge in [-0.15, -0.1) is 11.6 Å². The van der Waals surface area contributed by atoms with Gasteiger partial charge in [-0.25, -0.2) is 8.42 Å². The molecular weight excluding hydrogens is 582 g/mol. The minimum absolute atomic E-state index is 0.00416. The molecule has 1 aromatic heterocycles. The minimum atomic E-state index is -4.19. The quantitative estimate of drug-likeness (QED) is 0.223. The molecule has 0 bridgehead atoms. The number of ether oxygens (including phenoxy) is 3. The Morgan fingerprint density at radius 2 is 1.69 bits per heavy atom. The Hall–Kier alpha value is -3.96. The van der Waals surface area contributed by atoms with Crippen LogP contribution in [0.25, 0.3) is 22.1 Å². The van der Waals surface area contributed by atoms with Gasteiger partial charge in [-0.3, -0.25) is 9.52 Å². The number of methoxy groups -OCH3 is 3. The van der Waals surface area contributed by atoms with E-state index in [1.54, 1.807) is 12.1 Å². The van der Waals surface area contributed by atoms with E-state index in [1.165, 1.54) is 33.5 Å². The standard InChI is InChI=1S/C30H32ClN3O7S/c1-38-24-10-5-11-25(39-2)29(24)42(36,37)33-30-28-26(40-3)16-21(17-27(28)41-32-30)20-7-4-9-22(15-20)34-13-6-8-19(12-14-34)23(35)18-31/h4-5,7,9-11,15-17,19H,6,8,12-14,18H2,1-3H3,(H,32,33). The van der Waals surface area contributed by atoms with Crippen molar-refractivity contribution in [3.05, 3.63) is 54.6 Å². The van der Waals surface area contributed by atoms with Crippen molar-refractivity contribution in [1.29, 1.82) is 0 Å². The van der Waals surface area contributed by atoms with Gasteiger partial charge < -0.3 is 23.6 Å². The number of nitrogens with zero attached hydrogens (tertiary/aromatic N) is 2. The van der Waals surface area contributed by atoms with Crippen molar-refractivity contribution in [2.45, 2.75) is 24.2 Å². The number of rotatable bonds is 10. The lowest BCUT2D eigenvalue weighted by molar-refractivity contribution is -0.120. The maximum absolute atomic E-state index is 13.5. The first-order valence-corrected chi connectivity index (χ1v) is 15.5. The molecule has 1 aliphatic heterocycles. The number of fused-ring (bicyclic) bond motifs is 1. The molecule has 0 radical (unpaired) electrons. The van der Waals surface area contributed by atoms with Crippen molar-refractivity contribution in [3.63, 3.8) is 0 Å². The van der Waals surface area contributed by atoms with Crippen LogP contribution in [-0.2, 0) is 14.8 Å². The lowest BCUT2D eigenvalue weighted by Crippen LogP contribution is -2.25. The third-order valence-corrected chi connectivity index (χ3v) is 9.17. The maximum atomic E-state index is 13.5. The summed E-state index contributed by atoms with van der Waals surface area (Å²) in [6, 6.07) is 16.4. The molecule has 42 heavy (non-hydrogen) atoms. The van der Waals surface area contributed by atoms with Crippen LogP contribution in [0.2, 0.25) is 0 Å². The van der Waals surface area contributed by atoms with Gasteiger partial charge in [0.15, 0.2) is 22.1 Å². The highest BCUT2D eigenvalue weighted by molar-refractivity contribution is 7.93. The highest BCUT2D eigenvalue weighted by Crippen LogP contribution is 2.40. The maximum Gasteiger partial charge on any atom is 0.270 e. The molecule has 0 amide bonds. The molecule has 0 spiro atoms. The van der Waals surface area contributed by atoms with Crippen LogP contribution in [-0.4, -0.2) is 59.7 Å². The van der Waals surface area contributed by atoms with Crippen molar-refractivity contribution < 1.29 is 31.9 Å². The molecule has 10 nitrogen and oxygen atoms in total. The van der Waals surface area contributed by atoms with Gasteiger partial charge in [-0.1, -0.05) is 23.4 Å². The van der Waals surface area contributed by atoms with Crippen molar-refractivity contribution in [1.82, 2.24) is 5.16 Å². The van der Waals surface area contributed by atoms with Crippen LogP contribution in [0, 0.1) is 5.92 Å². The number of anilines is 2. The summed E-state index contributed by atoms with van der Waals surface area (Å²) >= 11 is 5.80. The Kier molecular flexibility index (Phi) is 8.79. The summed E-state index contributed by atoms with van der Waals surface area (Å²) in [5.74, 6) is 0.776. The SMILES string of the molecule is COc1cccc(OC)c1S(=O)(=O)Nc1noc2cc(-c3cccc(N4CCCC(C(=O)CCl)CC4)c3)cc(OC)c12. The molecule has 1 unspecified atom stereocenters. The van der Waals surface area contributed by atoms with E-state index in [0.29, 0.717) is 16.7 Å². The molecule has 1 N–H and O–H groups in total. The van der Waals surface area contributed by atoms with E-state index >= 15 is 0 Å².